The van der Waals surface area contributed by atoms with Crippen LogP contribution in [0.25, 0.3) is 0 Å². The summed E-state index contributed by atoms with van der Waals surface area (Å²) in [6.45, 7) is 7.34. The Morgan fingerprint density at radius 3 is 2.49 bits per heavy atom. The number of thioether (sulfide) groups is 1. The third-order valence-electron chi connectivity index (χ3n) is 6.47. The molecule has 0 radical (unpaired) electrons. The Balaban J connectivity index is 2.40. The summed E-state index contributed by atoms with van der Waals surface area (Å²) in [5.74, 6) is 0.635. The second-order valence-corrected chi connectivity index (χ2v) is 11.2. The number of ketones is 1. The molecule has 0 heterocycles. The zero-order valence-electron chi connectivity index (χ0n) is 24.3. The first-order valence-corrected chi connectivity index (χ1v) is 15.4. The SMILES string of the molecule is CCCCCOCCOC(=O)CCCSCC[C@@H](C(C)=O)[C@@H](/C=C/[C@@H](O)Cc1cccc(COC)c1)[C@@H](C)O. The summed E-state index contributed by atoms with van der Waals surface area (Å²) in [7, 11) is 1.65. The quantitative estimate of drug-likeness (QED) is 0.107. The van der Waals surface area contributed by atoms with Gasteiger partial charge in [-0.1, -0.05) is 56.2 Å². The minimum absolute atomic E-state index is 0.0217. The van der Waals surface area contributed by atoms with Crippen molar-refractivity contribution in [2.45, 2.75) is 84.5 Å². The highest BCUT2D eigenvalue weighted by atomic mass is 32.2. The van der Waals surface area contributed by atoms with E-state index >= 15 is 0 Å². The van der Waals surface area contributed by atoms with Crippen LogP contribution in [0.15, 0.2) is 36.4 Å². The number of rotatable bonds is 23. The van der Waals surface area contributed by atoms with Crippen molar-refractivity contribution in [2.75, 3.05) is 38.4 Å². The average molecular weight is 567 g/mol. The molecule has 4 atom stereocenters. The van der Waals surface area contributed by atoms with E-state index in [4.69, 9.17) is 14.2 Å². The Hall–Kier alpha value is -1.71. The van der Waals surface area contributed by atoms with Gasteiger partial charge in [-0.05, 0) is 55.7 Å². The monoisotopic (exact) mass is 566 g/mol. The summed E-state index contributed by atoms with van der Waals surface area (Å²) in [6, 6.07) is 7.89. The first kappa shape index (κ1) is 35.3. The molecule has 0 saturated carbocycles. The van der Waals surface area contributed by atoms with Crippen molar-refractivity contribution in [2.24, 2.45) is 11.8 Å². The van der Waals surface area contributed by atoms with Crippen molar-refractivity contribution < 1.29 is 34.0 Å². The van der Waals surface area contributed by atoms with Gasteiger partial charge in [-0.25, -0.2) is 0 Å². The van der Waals surface area contributed by atoms with E-state index in [1.165, 1.54) is 0 Å². The lowest BCUT2D eigenvalue weighted by molar-refractivity contribution is -0.145. The van der Waals surface area contributed by atoms with Gasteiger partial charge in [0.2, 0.25) is 0 Å². The number of esters is 1. The summed E-state index contributed by atoms with van der Waals surface area (Å²) < 4.78 is 15.8. The van der Waals surface area contributed by atoms with Gasteiger partial charge in [0.1, 0.15) is 12.4 Å². The Kier molecular flexibility index (Phi) is 20.0. The van der Waals surface area contributed by atoms with E-state index in [0.717, 1.165) is 41.9 Å². The van der Waals surface area contributed by atoms with Crippen LogP contribution in [-0.4, -0.2) is 72.6 Å². The summed E-state index contributed by atoms with van der Waals surface area (Å²) in [4.78, 5) is 24.3. The number of methoxy groups -OCH3 is 1. The second kappa shape index (κ2) is 22.0. The molecule has 1 aromatic carbocycles. The fraction of sp³-hybridized carbons (Fsp3) is 0.677. The Morgan fingerprint density at radius 1 is 1.03 bits per heavy atom. The van der Waals surface area contributed by atoms with Crippen LogP contribution in [-0.2, 0) is 36.8 Å². The normalized spacial score (nSPS) is 14.7. The van der Waals surface area contributed by atoms with Crippen molar-refractivity contribution in [1.82, 2.24) is 0 Å². The Bertz CT molecular complexity index is 827. The largest absolute Gasteiger partial charge is 0.463 e. The van der Waals surface area contributed by atoms with Gasteiger partial charge in [0.15, 0.2) is 0 Å². The standard InChI is InChI=1S/C31H50O7S/c1-5-6-7-16-37-17-18-38-31(35)12-9-19-39-20-15-30(25(3)33)29(24(2)32)14-13-28(34)22-26-10-8-11-27(21-26)23-36-4/h8,10-11,13-14,21,24,28-30,32,34H,5-7,9,12,15-20,22-23H2,1-4H3/b14-13+/t24-,28-,29+,30+/m1/s1. The maximum absolute atomic E-state index is 12.4. The highest BCUT2D eigenvalue weighted by Gasteiger charge is 2.27. The van der Waals surface area contributed by atoms with Gasteiger partial charge < -0.3 is 24.4 Å². The number of aliphatic hydroxyl groups is 2. The van der Waals surface area contributed by atoms with E-state index in [9.17, 15) is 19.8 Å². The fourth-order valence-corrected chi connectivity index (χ4v) is 5.32. The minimum atomic E-state index is -0.724. The molecule has 0 aliphatic rings. The lowest BCUT2D eigenvalue weighted by atomic mass is 9.83. The van der Waals surface area contributed by atoms with Gasteiger partial charge in [0, 0.05) is 38.4 Å². The highest BCUT2D eigenvalue weighted by molar-refractivity contribution is 7.99. The van der Waals surface area contributed by atoms with Gasteiger partial charge in [-0.15, -0.1) is 0 Å². The van der Waals surface area contributed by atoms with Crippen LogP contribution in [0.5, 0.6) is 0 Å². The molecule has 222 valence electrons. The van der Waals surface area contributed by atoms with Crippen molar-refractivity contribution >= 4 is 23.5 Å². The van der Waals surface area contributed by atoms with E-state index in [0.29, 0.717) is 52.1 Å². The van der Waals surface area contributed by atoms with Crippen LogP contribution in [0, 0.1) is 11.8 Å². The van der Waals surface area contributed by atoms with Gasteiger partial charge in [0.05, 0.1) is 25.4 Å². The van der Waals surface area contributed by atoms with E-state index < -0.39 is 12.2 Å². The van der Waals surface area contributed by atoms with Crippen LogP contribution >= 0.6 is 11.8 Å². The summed E-state index contributed by atoms with van der Waals surface area (Å²) >= 11 is 1.69. The zero-order valence-corrected chi connectivity index (χ0v) is 25.1. The summed E-state index contributed by atoms with van der Waals surface area (Å²) in [6.07, 6.45) is 7.50. The second-order valence-electron chi connectivity index (χ2n) is 9.99. The number of hydrogen-bond donors (Lipinski definition) is 2. The molecule has 0 spiro atoms. The third kappa shape index (κ3) is 16.9. The molecule has 0 aliphatic heterocycles. The number of carbonyl (C=O) groups excluding carboxylic acids is 2. The molecule has 0 bridgehead atoms. The number of ether oxygens (including phenoxy) is 3. The molecule has 0 unspecified atom stereocenters. The van der Waals surface area contributed by atoms with Crippen LogP contribution in [0.3, 0.4) is 0 Å². The molecule has 1 rings (SSSR count). The molecule has 0 aliphatic carbocycles. The van der Waals surface area contributed by atoms with Crippen LogP contribution in [0.2, 0.25) is 0 Å². The molecule has 7 nitrogen and oxygen atoms in total. The molecule has 2 N–H and O–H groups in total. The van der Waals surface area contributed by atoms with Gasteiger partial charge in [-0.3, -0.25) is 9.59 Å². The lowest BCUT2D eigenvalue weighted by Crippen LogP contribution is -2.29. The first-order valence-electron chi connectivity index (χ1n) is 14.2. The molecular formula is C31H50O7S. The maximum atomic E-state index is 12.4. The number of unbranched alkanes of at least 4 members (excludes halogenated alkanes) is 2. The average Bonchev–Trinajstić information content (AvgIpc) is 2.89. The number of benzene rings is 1. The van der Waals surface area contributed by atoms with Crippen LogP contribution in [0.1, 0.15) is 70.4 Å². The van der Waals surface area contributed by atoms with Gasteiger partial charge >= 0.3 is 5.97 Å². The van der Waals surface area contributed by atoms with E-state index in [2.05, 4.69) is 6.92 Å². The van der Waals surface area contributed by atoms with E-state index in [-0.39, 0.29) is 23.6 Å². The molecule has 8 heteroatoms. The summed E-state index contributed by atoms with van der Waals surface area (Å²) in [5, 5.41) is 21.0. The van der Waals surface area contributed by atoms with E-state index in [1.54, 1.807) is 44.9 Å². The number of carbonyl (C=O) groups is 2. The minimum Gasteiger partial charge on any atom is -0.463 e. The smallest absolute Gasteiger partial charge is 0.305 e. The van der Waals surface area contributed by atoms with Crippen LogP contribution in [0.4, 0.5) is 0 Å². The molecule has 0 amide bonds. The van der Waals surface area contributed by atoms with Gasteiger partial charge in [0.25, 0.3) is 0 Å². The number of aliphatic hydroxyl groups excluding tert-OH is 2. The summed E-state index contributed by atoms with van der Waals surface area (Å²) in [5.41, 5.74) is 2.04. The third-order valence-corrected chi connectivity index (χ3v) is 7.57. The number of Topliss-reactive ketones (excluding diaryl/α,β-unsaturated/α-hetero) is 1. The lowest BCUT2D eigenvalue weighted by Gasteiger charge is -2.25. The van der Waals surface area contributed by atoms with E-state index in [1.807, 2.05) is 24.3 Å². The Labute approximate surface area is 239 Å². The zero-order chi connectivity index (χ0) is 28.9. The van der Waals surface area contributed by atoms with Crippen molar-refractivity contribution in [1.29, 1.82) is 0 Å². The number of hydrogen-bond acceptors (Lipinski definition) is 8. The van der Waals surface area contributed by atoms with Crippen LogP contribution < -0.4 is 0 Å². The molecule has 39 heavy (non-hydrogen) atoms. The first-order chi connectivity index (χ1) is 18.8. The Morgan fingerprint density at radius 2 is 1.79 bits per heavy atom. The van der Waals surface area contributed by atoms with Crippen molar-refractivity contribution in [3.05, 3.63) is 47.5 Å². The maximum Gasteiger partial charge on any atom is 0.305 e. The molecule has 1 aromatic rings. The van der Waals surface area contributed by atoms with Gasteiger partial charge in [-0.2, -0.15) is 11.8 Å². The molecule has 0 saturated heterocycles. The molecule has 0 aromatic heterocycles. The van der Waals surface area contributed by atoms with Crippen molar-refractivity contribution in [3.8, 4) is 0 Å². The van der Waals surface area contributed by atoms with Crippen molar-refractivity contribution in [3.63, 3.8) is 0 Å². The molecular weight excluding hydrogens is 516 g/mol. The fourth-order valence-electron chi connectivity index (χ4n) is 4.35. The molecule has 0 fully saturated rings. The highest BCUT2D eigenvalue weighted by Crippen LogP contribution is 2.25. The predicted molar refractivity (Wildman–Crippen MR) is 158 cm³/mol. The predicted octanol–water partition coefficient (Wildman–Crippen LogP) is 5.15. The topological polar surface area (TPSA) is 102 Å².